The van der Waals surface area contributed by atoms with Gasteiger partial charge in [0.25, 0.3) is 5.91 Å². The van der Waals surface area contributed by atoms with Crippen molar-refractivity contribution < 1.29 is 4.79 Å². The third-order valence-corrected chi connectivity index (χ3v) is 4.33. The van der Waals surface area contributed by atoms with E-state index in [1.807, 2.05) is 6.08 Å². The molecule has 3 heterocycles. The fourth-order valence-corrected chi connectivity index (χ4v) is 2.92. The van der Waals surface area contributed by atoms with Crippen LogP contribution in [0.25, 0.3) is 6.08 Å². The lowest BCUT2D eigenvalue weighted by Gasteiger charge is -2.09. The van der Waals surface area contributed by atoms with Crippen molar-refractivity contribution in [1.29, 1.82) is 0 Å². The Hall–Kier alpha value is -2.80. The summed E-state index contributed by atoms with van der Waals surface area (Å²) < 4.78 is 0. The molecule has 25 heavy (non-hydrogen) atoms. The van der Waals surface area contributed by atoms with Gasteiger partial charge in [-0.25, -0.2) is 15.4 Å². The highest BCUT2D eigenvalue weighted by atomic mass is 16.2. The molecule has 0 atom stereocenters. The first kappa shape index (κ1) is 17.0. The van der Waals surface area contributed by atoms with E-state index < -0.39 is 0 Å². The van der Waals surface area contributed by atoms with Gasteiger partial charge in [0.1, 0.15) is 12.0 Å². The van der Waals surface area contributed by atoms with E-state index in [2.05, 4.69) is 58.3 Å². The van der Waals surface area contributed by atoms with Crippen LogP contribution in [-0.4, -0.2) is 52.1 Å². The third-order valence-electron chi connectivity index (χ3n) is 4.33. The van der Waals surface area contributed by atoms with Crippen LogP contribution in [0.15, 0.2) is 29.4 Å². The minimum absolute atomic E-state index is 0.222. The first-order valence-electron chi connectivity index (χ1n) is 8.15. The Morgan fingerprint density at radius 2 is 1.92 bits per heavy atom. The summed E-state index contributed by atoms with van der Waals surface area (Å²) in [6.07, 6.45) is 7.57. The zero-order chi connectivity index (χ0) is 18.0. The summed E-state index contributed by atoms with van der Waals surface area (Å²) in [5.41, 5.74) is 8.83. The zero-order valence-corrected chi connectivity index (χ0v) is 14.9. The number of aryl methyl sites for hydroxylation is 1. The van der Waals surface area contributed by atoms with Gasteiger partial charge in [0.05, 0.1) is 5.57 Å². The van der Waals surface area contributed by atoms with E-state index in [9.17, 15) is 4.79 Å². The number of nitrogens with one attached hydrogen (secondary N) is 2. The molecule has 0 aromatic carbocycles. The molecule has 2 aromatic heterocycles. The number of hydrogen-bond donors (Lipinski definition) is 2. The van der Waals surface area contributed by atoms with E-state index in [0.717, 1.165) is 29.9 Å². The molecule has 2 N–H and O–H groups in total. The first-order chi connectivity index (χ1) is 12.0. The van der Waals surface area contributed by atoms with Gasteiger partial charge in [-0.15, -0.1) is 0 Å². The molecular formula is C18H22N6O. The van der Waals surface area contributed by atoms with Crippen molar-refractivity contribution in [3.63, 3.8) is 0 Å². The Balaban J connectivity index is 1.95. The van der Waals surface area contributed by atoms with Crippen LogP contribution in [0.2, 0.25) is 0 Å². The van der Waals surface area contributed by atoms with Crippen LogP contribution in [0.4, 0.5) is 0 Å². The van der Waals surface area contributed by atoms with E-state index in [1.165, 1.54) is 11.9 Å². The number of hydrogen-bond acceptors (Lipinski definition) is 5. The van der Waals surface area contributed by atoms with Crippen LogP contribution in [0.5, 0.6) is 0 Å². The van der Waals surface area contributed by atoms with Gasteiger partial charge in [-0.2, -0.15) is 5.10 Å². The summed E-state index contributed by atoms with van der Waals surface area (Å²) in [5, 5.41) is 4.13. The molecule has 3 rings (SSSR count). The molecular weight excluding hydrogens is 316 g/mol. The van der Waals surface area contributed by atoms with Crippen LogP contribution >= 0.6 is 0 Å². The van der Waals surface area contributed by atoms with E-state index in [0.29, 0.717) is 16.8 Å². The Kier molecular flexibility index (Phi) is 4.76. The maximum atomic E-state index is 12.2. The fraction of sp³-hybridized carbons (Fsp3) is 0.333. The van der Waals surface area contributed by atoms with Gasteiger partial charge in [-0.1, -0.05) is 0 Å². The number of aromatic amines is 1. The second-order valence-electron chi connectivity index (χ2n) is 6.41. The van der Waals surface area contributed by atoms with Crippen molar-refractivity contribution in [2.75, 3.05) is 20.6 Å². The fourth-order valence-electron chi connectivity index (χ4n) is 2.92. The molecule has 0 fully saturated rings. The number of rotatable bonds is 5. The number of likely N-dealkylation sites (N-methyl/N-ethyl adjacent to an activating group) is 1. The van der Waals surface area contributed by atoms with Crippen molar-refractivity contribution in [3.05, 3.63) is 52.4 Å². The van der Waals surface area contributed by atoms with Gasteiger partial charge >= 0.3 is 0 Å². The second-order valence-corrected chi connectivity index (χ2v) is 6.41. The lowest BCUT2D eigenvalue weighted by atomic mass is 10.0. The monoisotopic (exact) mass is 338 g/mol. The SMILES string of the molecule is Cc1[nH]c(C=C2C(=O)NN=C2c2cncnc2)c(C)c1CCN(C)C. The minimum atomic E-state index is -0.222. The minimum Gasteiger partial charge on any atom is -0.359 e. The number of hydrazone groups is 1. The van der Waals surface area contributed by atoms with Crippen molar-refractivity contribution >= 4 is 17.7 Å². The average Bonchev–Trinajstić information content (AvgIpc) is 3.07. The van der Waals surface area contributed by atoms with Crippen molar-refractivity contribution in [2.24, 2.45) is 5.10 Å². The molecule has 0 saturated carbocycles. The van der Waals surface area contributed by atoms with Gasteiger partial charge in [0.2, 0.25) is 0 Å². The Labute approximate surface area is 146 Å². The van der Waals surface area contributed by atoms with Crippen LogP contribution in [-0.2, 0) is 11.2 Å². The summed E-state index contributed by atoms with van der Waals surface area (Å²) in [4.78, 5) is 25.8. The quantitative estimate of drug-likeness (QED) is 0.808. The standard InChI is InChI=1S/C18H22N6O/c1-11-14(5-6-24(3)4)12(2)21-16(11)7-15-17(22-23-18(15)25)13-8-19-10-20-9-13/h7-10,21H,5-6H2,1-4H3,(H,23,25). The molecule has 0 bridgehead atoms. The largest absolute Gasteiger partial charge is 0.359 e. The molecule has 7 nitrogen and oxygen atoms in total. The highest BCUT2D eigenvalue weighted by Gasteiger charge is 2.25. The predicted molar refractivity (Wildman–Crippen MR) is 97.2 cm³/mol. The Morgan fingerprint density at radius 3 is 2.60 bits per heavy atom. The molecule has 7 heteroatoms. The smallest absolute Gasteiger partial charge is 0.273 e. The number of nitrogens with zero attached hydrogens (tertiary/aromatic N) is 4. The summed E-state index contributed by atoms with van der Waals surface area (Å²) in [7, 11) is 4.13. The summed E-state index contributed by atoms with van der Waals surface area (Å²) in [6, 6.07) is 0. The van der Waals surface area contributed by atoms with Gasteiger partial charge in [0, 0.05) is 35.9 Å². The molecule has 1 aliphatic heterocycles. The molecule has 2 aromatic rings. The Morgan fingerprint density at radius 1 is 1.20 bits per heavy atom. The maximum absolute atomic E-state index is 12.2. The van der Waals surface area contributed by atoms with Crippen molar-refractivity contribution in [3.8, 4) is 0 Å². The van der Waals surface area contributed by atoms with E-state index in [1.54, 1.807) is 12.4 Å². The second kappa shape index (κ2) is 6.98. The van der Waals surface area contributed by atoms with E-state index in [-0.39, 0.29) is 5.91 Å². The first-order valence-corrected chi connectivity index (χ1v) is 8.15. The zero-order valence-electron chi connectivity index (χ0n) is 14.9. The number of carbonyl (C=O) groups excluding carboxylic acids is 1. The Bertz CT molecular complexity index is 848. The molecule has 1 amide bonds. The van der Waals surface area contributed by atoms with Crippen LogP contribution in [0.1, 0.15) is 28.1 Å². The lowest BCUT2D eigenvalue weighted by Crippen LogP contribution is -2.15. The molecule has 0 saturated heterocycles. The molecule has 0 radical (unpaired) electrons. The van der Waals surface area contributed by atoms with Gasteiger partial charge in [-0.3, -0.25) is 4.79 Å². The van der Waals surface area contributed by atoms with Gasteiger partial charge in [0.15, 0.2) is 0 Å². The number of H-pyrrole nitrogens is 1. The van der Waals surface area contributed by atoms with Crippen LogP contribution in [0.3, 0.4) is 0 Å². The van der Waals surface area contributed by atoms with Crippen molar-refractivity contribution in [2.45, 2.75) is 20.3 Å². The topological polar surface area (TPSA) is 86.3 Å². The highest BCUT2D eigenvalue weighted by molar-refractivity contribution is 6.33. The number of aromatic nitrogens is 3. The molecule has 1 aliphatic rings. The summed E-state index contributed by atoms with van der Waals surface area (Å²) in [6.45, 7) is 5.12. The summed E-state index contributed by atoms with van der Waals surface area (Å²) >= 11 is 0. The molecule has 0 unspecified atom stereocenters. The third kappa shape index (κ3) is 3.51. The summed E-state index contributed by atoms with van der Waals surface area (Å²) in [5.74, 6) is -0.222. The predicted octanol–water partition coefficient (Wildman–Crippen LogP) is 1.44. The van der Waals surface area contributed by atoms with Gasteiger partial charge in [-0.05, 0) is 51.6 Å². The number of amides is 1. The highest BCUT2D eigenvalue weighted by Crippen LogP contribution is 2.23. The average molecular weight is 338 g/mol. The molecule has 0 aliphatic carbocycles. The normalized spacial score (nSPS) is 15.8. The molecule has 0 spiro atoms. The van der Waals surface area contributed by atoms with Crippen LogP contribution < -0.4 is 5.43 Å². The number of carbonyl (C=O) groups is 1. The van der Waals surface area contributed by atoms with Crippen molar-refractivity contribution in [1.82, 2.24) is 25.3 Å². The maximum Gasteiger partial charge on any atom is 0.273 e. The van der Waals surface area contributed by atoms with E-state index >= 15 is 0 Å². The molecule has 130 valence electrons. The van der Waals surface area contributed by atoms with Crippen LogP contribution in [0, 0.1) is 13.8 Å². The van der Waals surface area contributed by atoms with E-state index in [4.69, 9.17) is 0 Å². The van der Waals surface area contributed by atoms with Gasteiger partial charge < -0.3 is 9.88 Å². The lowest BCUT2D eigenvalue weighted by molar-refractivity contribution is -0.116.